The van der Waals surface area contributed by atoms with Gasteiger partial charge < -0.3 is 9.80 Å². The van der Waals surface area contributed by atoms with Gasteiger partial charge in [0.15, 0.2) is 5.16 Å². The van der Waals surface area contributed by atoms with E-state index in [2.05, 4.69) is 17.9 Å². The molecule has 1 aliphatic heterocycles. The number of nitrogens with zero attached hydrogens (tertiary/aromatic N) is 4. The summed E-state index contributed by atoms with van der Waals surface area (Å²) in [7, 11) is 0. The van der Waals surface area contributed by atoms with Gasteiger partial charge in [0.05, 0.1) is 21.8 Å². The first-order valence-electron chi connectivity index (χ1n) is 11.2. The first-order valence-corrected chi connectivity index (χ1v) is 12.0. The van der Waals surface area contributed by atoms with Gasteiger partial charge in [-0.3, -0.25) is 14.2 Å². The summed E-state index contributed by atoms with van der Waals surface area (Å²) in [6, 6.07) is 13.4. The minimum atomic E-state index is -0.340. The Balaban J connectivity index is 1.71. The van der Waals surface area contributed by atoms with Crippen molar-refractivity contribution in [3.63, 3.8) is 0 Å². The number of carbonyl (C=O) groups excluding carboxylic acids is 1. The highest BCUT2D eigenvalue weighted by molar-refractivity contribution is 8.00. The first kappa shape index (κ1) is 22.6. The fourth-order valence-corrected chi connectivity index (χ4v) is 5.21. The zero-order valence-electron chi connectivity index (χ0n) is 19.2. The average Bonchev–Trinajstić information content (AvgIpc) is 2.80. The van der Waals surface area contributed by atoms with E-state index in [1.807, 2.05) is 56.0 Å². The second kappa shape index (κ2) is 9.46. The predicted octanol–water partition coefficient (Wildman–Crippen LogP) is 3.65. The molecule has 1 fully saturated rings. The minimum absolute atomic E-state index is 0.0975. The van der Waals surface area contributed by atoms with Gasteiger partial charge in [0.1, 0.15) is 0 Å². The van der Waals surface area contributed by atoms with Crippen LogP contribution in [0.4, 0.5) is 0 Å². The molecule has 1 aromatic heterocycles. The second-order valence-electron chi connectivity index (χ2n) is 8.36. The van der Waals surface area contributed by atoms with Gasteiger partial charge in [0.25, 0.3) is 5.56 Å². The Bertz CT molecular complexity index is 1200. The Morgan fingerprint density at radius 1 is 1.09 bits per heavy atom. The molecule has 168 valence electrons. The molecule has 2 aromatic carbocycles. The van der Waals surface area contributed by atoms with Crippen LogP contribution in [0.2, 0.25) is 0 Å². The molecule has 0 radical (unpaired) electrons. The Morgan fingerprint density at radius 2 is 1.81 bits per heavy atom. The maximum absolute atomic E-state index is 13.5. The van der Waals surface area contributed by atoms with Crippen molar-refractivity contribution in [2.45, 2.75) is 38.1 Å². The summed E-state index contributed by atoms with van der Waals surface area (Å²) in [5, 5.41) is 0.786. The third-order valence-corrected chi connectivity index (χ3v) is 7.14. The number of hydrogen-bond donors (Lipinski definition) is 0. The lowest BCUT2D eigenvalue weighted by molar-refractivity contribution is -0.132. The SMILES string of the molecule is CCN1CCN(C(=O)C(C)Sc2nc3ccccc3c(=O)n2-c2ccc(C)cc2C)CC1. The van der Waals surface area contributed by atoms with Crippen LogP contribution in [0.25, 0.3) is 16.6 Å². The molecule has 7 heteroatoms. The number of hydrogen-bond acceptors (Lipinski definition) is 5. The molecule has 0 spiro atoms. The number of amides is 1. The number of thioether (sulfide) groups is 1. The summed E-state index contributed by atoms with van der Waals surface area (Å²) in [5.41, 5.74) is 3.48. The van der Waals surface area contributed by atoms with E-state index >= 15 is 0 Å². The van der Waals surface area contributed by atoms with Crippen molar-refractivity contribution in [3.05, 3.63) is 63.9 Å². The van der Waals surface area contributed by atoms with Crippen molar-refractivity contribution in [3.8, 4) is 5.69 Å². The van der Waals surface area contributed by atoms with E-state index in [0.29, 0.717) is 16.1 Å². The summed E-state index contributed by atoms with van der Waals surface area (Å²) < 4.78 is 1.67. The van der Waals surface area contributed by atoms with Crippen LogP contribution in [0.3, 0.4) is 0 Å². The fraction of sp³-hybridized carbons (Fsp3) is 0.400. The predicted molar refractivity (Wildman–Crippen MR) is 131 cm³/mol. The standard InChI is InChI=1S/C25H30N4O2S/c1-5-27-12-14-28(15-13-27)23(30)19(4)32-25-26-21-9-7-6-8-20(21)24(31)29(25)22-11-10-17(2)16-18(22)3/h6-11,16,19H,5,12-15H2,1-4H3. The number of aryl methyl sites for hydroxylation is 2. The molecular formula is C25H30N4O2S. The van der Waals surface area contributed by atoms with Crippen molar-refractivity contribution >= 4 is 28.6 Å². The maximum Gasteiger partial charge on any atom is 0.266 e. The highest BCUT2D eigenvalue weighted by Crippen LogP contribution is 2.27. The summed E-state index contributed by atoms with van der Waals surface area (Å²) >= 11 is 1.36. The van der Waals surface area contributed by atoms with Gasteiger partial charge in [-0.1, -0.05) is 48.5 Å². The van der Waals surface area contributed by atoms with Gasteiger partial charge >= 0.3 is 0 Å². The van der Waals surface area contributed by atoms with Crippen LogP contribution in [0.5, 0.6) is 0 Å². The normalized spacial score (nSPS) is 15.8. The lowest BCUT2D eigenvalue weighted by Gasteiger charge is -2.35. The molecule has 1 aliphatic rings. The molecule has 1 unspecified atom stereocenters. The maximum atomic E-state index is 13.5. The van der Waals surface area contributed by atoms with E-state index in [-0.39, 0.29) is 16.7 Å². The number of aromatic nitrogens is 2. The van der Waals surface area contributed by atoms with Crippen molar-refractivity contribution in [1.82, 2.24) is 19.4 Å². The van der Waals surface area contributed by atoms with Crippen LogP contribution >= 0.6 is 11.8 Å². The number of benzene rings is 2. The summed E-state index contributed by atoms with van der Waals surface area (Å²) in [6.45, 7) is 12.4. The van der Waals surface area contributed by atoms with Crippen molar-refractivity contribution < 1.29 is 4.79 Å². The molecule has 3 aromatic rings. The molecule has 32 heavy (non-hydrogen) atoms. The van der Waals surface area contributed by atoms with E-state index in [4.69, 9.17) is 4.98 Å². The smallest absolute Gasteiger partial charge is 0.266 e. The quantitative estimate of drug-likeness (QED) is 0.439. The Morgan fingerprint density at radius 3 is 2.50 bits per heavy atom. The molecule has 0 bridgehead atoms. The van der Waals surface area contributed by atoms with E-state index in [0.717, 1.165) is 49.5 Å². The van der Waals surface area contributed by atoms with E-state index in [9.17, 15) is 9.59 Å². The van der Waals surface area contributed by atoms with Crippen molar-refractivity contribution in [2.75, 3.05) is 32.7 Å². The summed E-state index contributed by atoms with van der Waals surface area (Å²) in [5.74, 6) is 0.0975. The molecule has 0 N–H and O–H groups in total. The van der Waals surface area contributed by atoms with Gasteiger partial charge in [0.2, 0.25) is 5.91 Å². The Kier molecular flexibility index (Phi) is 6.67. The van der Waals surface area contributed by atoms with E-state index in [1.165, 1.54) is 11.8 Å². The number of piperazine rings is 1. The third-order valence-electron chi connectivity index (χ3n) is 6.10. The van der Waals surface area contributed by atoms with Crippen molar-refractivity contribution in [1.29, 1.82) is 0 Å². The van der Waals surface area contributed by atoms with Gasteiger partial charge in [-0.2, -0.15) is 0 Å². The summed E-state index contributed by atoms with van der Waals surface area (Å²) in [6.07, 6.45) is 0. The third kappa shape index (κ3) is 4.45. The average molecular weight is 451 g/mol. The van der Waals surface area contributed by atoms with Crippen LogP contribution in [-0.2, 0) is 4.79 Å². The van der Waals surface area contributed by atoms with Gasteiger partial charge in [-0.05, 0) is 51.1 Å². The lowest BCUT2D eigenvalue weighted by atomic mass is 10.1. The lowest BCUT2D eigenvalue weighted by Crippen LogP contribution is -2.50. The van der Waals surface area contributed by atoms with E-state index < -0.39 is 0 Å². The van der Waals surface area contributed by atoms with Gasteiger partial charge in [-0.15, -0.1) is 0 Å². The van der Waals surface area contributed by atoms with Crippen LogP contribution in [-0.4, -0.2) is 63.2 Å². The molecule has 0 aliphatic carbocycles. The number of carbonyl (C=O) groups is 1. The van der Waals surface area contributed by atoms with E-state index in [1.54, 1.807) is 10.6 Å². The molecular weight excluding hydrogens is 420 g/mol. The largest absolute Gasteiger partial charge is 0.339 e. The minimum Gasteiger partial charge on any atom is -0.339 e. The summed E-state index contributed by atoms with van der Waals surface area (Å²) in [4.78, 5) is 35.8. The van der Waals surface area contributed by atoms with Crippen LogP contribution in [0.15, 0.2) is 52.4 Å². The Hall–Kier alpha value is -2.64. The van der Waals surface area contributed by atoms with Crippen molar-refractivity contribution in [2.24, 2.45) is 0 Å². The monoisotopic (exact) mass is 450 g/mol. The van der Waals surface area contributed by atoms with Gasteiger partial charge in [-0.25, -0.2) is 4.98 Å². The number of para-hydroxylation sites is 1. The highest BCUT2D eigenvalue weighted by Gasteiger charge is 2.27. The molecule has 2 heterocycles. The van der Waals surface area contributed by atoms with Crippen LogP contribution < -0.4 is 5.56 Å². The second-order valence-corrected chi connectivity index (χ2v) is 9.67. The highest BCUT2D eigenvalue weighted by atomic mass is 32.2. The zero-order chi connectivity index (χ0) is 22.8. The number of likely N-dealkylation sites (N-methyl/N-ethyl adjacent to an activating group) is 1. The van der Waals surface area contributed by atoms with Crippen LogP contribution in [0, 0.1) is 13.8 Å². The fourth-order valence-electron chi connectivity index (χ4n) is 4.21. The topological polar surface area (TPSA) is 58.4 Å². The molecule has 6 nitrogen and oxygen atoms in total. The van der Waals surface area contributed by atoms with Gasteiger partial charge in [0, 0.05) is 26.2 Å². The number of fused-ring (bicyclic) bond motifs is 1. The Labute approximate surface area is 193 Å². The first-order chi connectivity index (χ1) is 15.4. The molecule has 4 rings (SSSR count). The molecule has 1 atom stereocenters. The number of rotatable bonds is 5. The van der Waals surface area contributed by atoms with Crippen LogP contribution in [0.1, 0.15) is 25.0 Å². The molecule has 0 saturated carbocycles. The zero-order valence-corrected chi connectivity index (χ0v) is 20.0. The molecule has 1 amide bonds. The molecule has 1 saturated heterocycles.